The highest BCUT2D eigenvalue weighted by molar-refractivity contribution is 5.98. The maximum Gasteiger partial charge on any atom is 0.345 e. The van der Waals surface area contributed by atoms with Crippen molar-refractivity contribution in [3.05, 3.63) is 39.9 Å². The lowest BCUT2D eigenvalue weighted by atomic mass is 9.97. The zero-order chi connectivity index (χ0) is 13.9. The van der Waals surface area contributed by atoms with Crippen LogP contribution < -0.4 is 0 Å². The van der Waals surface area contributed by atoms with E-state index in [0.717, 1.165) is 0 Å². The molecular weight excluding hydrogens is 238 g/mol. The molecule has 0 spiro atoms. The molecule has 1 aromatic rings. The molecule has 0 saturated carbocycles. The molecule has 0 unspecified atom stereocenters. The third kappa shape index (κ3) is 3.38. The van der Waals surface area contributed by atoms with Gasteiger partial charge in [-0.2, -0.15) is 0 Å². The first-order valence-corrected chi connectivity index (χ1v) is 5.23. The van der Waals surface area contributed by atoms with Gasteiger partial charge in [-0.05, 0) is 32.9 Å². The second-order valence-corrected chi connectivity index (χ2v) is 4.73. The first-order valence-electron chi connectivity index (χ1n) is 5.23. The number of nitro benzene ring substituents is 1. The summed E-state index contributed by atoms with van der Waals surface area (Å²) in [5.74, 6) is -1.46. The van der Waals surface area contributed by atoms with Gasteiger partial charge in [-0.25, -0.2) is 4.79 Å². The number of nitro groups is 1. The van der Waals surface area contributed by atoms with Crippen molar-refractivity contribution in [1.82, 2.24) is 0 Å². The Morgan fingerprint density at radius 1 is 1.17 bits per heavy atom. The van der Waals surface area contributed by atoms with Gasteiger partial charge in [-0.1, -0.05) is 0 Å². The van der Waals surface area contributed by atoms with Gasteiger partial charge in [0.2, 0.25) is 0 Å². The van der Waals surface area contributed by atoms with Gasteiger partial charge in [0.05, 0.1) is 15.9 Å². The molecule has 96 valence electrons. The molecular formula is C12H13NO5. The fraction of sp³-hybridized carbons (Fsp3) is 0.333. The van der Waals surface area contributed by atoms with Gasteiger partial charge < -0.3 is 4.74 Å². The third-order valence-corrected chi connectivity index (χ3v) is 2.11. The maximum absolute atomic E-state index is 11.6. The minimum absolute atomic E-state index is 0.0956. The number of benzene rings is 1. The normalized spacial score (nSPS) is 10.8. The predicted octanol–water partition coefficient (Wildman–Crippen LogP) is 2.32. The van der Waals surface area contributed by atoms with Crippen LogP contribution in [0.25, 0.3) is 0 Å². The van der Waals surface area contributed by atoms with E-state index in [1.165, 1.54) is 24.3 Å². The van der Waals surface area contributed by atoms with Crippen LogP contribution in [0.5, 0.6) is 0 Å². The number of esters is 2. The van der Waals surface area contributed by atoms with E-state index in [-0.39, 0.29) is 11.3 Å². The van der Waals surface area contributed by atoms with Crippen molar-refractivity contribution in [2.75, 3.05) is 0 Å². The molecule has 6 nitrogen and oxygen atoms in total. The fourth-order valence-corrected chi connectivity index (χ4v) is 1.02. The summed E-state index contributed by atoms with van der Waals surface area (Å²) in [7, 11) is 0. The topological polar surface area (TPSA) is 86.5 Å². The van der Waals surface area contributed by atoms with Crippen LogP contribution in [0.15, 0.2) is 24.3 Å². The zero-order valence-corrected chi connectivity index (χ0v) is 10.3. The molecule has 0 saturated heterocycles. The van der Waals surface area contributed by atoms with Gasteiger partial charge >= 0.3 is 11.9 Å². The number of carbonyl (C=O) groups excluding carboxylic acids is 2. The summed E-state index contributed by atoms with van der Waals surface area (Å²) in [4.78, 5) is 32.9. The van der Waals surface area contributed by atoms with Gasteiger partial charge in [0.1, 0.15) is 0 Å². The molecule has 0 aliphatic rings. The molecule has 0 aliphatic carbocycles. The third-order valence-electron chi connectivity index (χ3n) is 2.11. The van der Waals surface area contributed by atoms with Gasteiger partial charge in [0.15, 0.2) is 0 Å². The highest BCUT2D eigenvalue weighted by Crippen LogP contribution is 2.17. The van der Waals surface area contributed by atoms with E-state index in [4.69, 9.17) is 0 Å². The van der Waals surface area contributed by atoms with Gasteiger partial charge in [-0.15, -0.1) is 0 Å². The lowest BCUT2D eigenvalue weighted by molar-refractivity contribution is -0.384. The van der Waals surface area contributed by atoms with E-state index < -0.39 is 22.3 Å². The summed E-state index contributed by atoms with van der Waals surface area (Å²) in [5, 5.41) is 10.4. The molecule has 0 heterocycles. The molecule has 0 aromatic heterocycles. The predicted molar refractivity (Wildman–Crippen MR) is 63.0 cm³/mol. The van der Waals surface area contributed by atoms with Crippen molar-refractivity contribution in [1.29, 1.82) is 0 Å². The first-order chi connectivity index (χ1) is 8.21. The molecule has 0 N–H and O–H groups in total. The summed E-state index contributed by atoms with van der Waals surface area (Å²) in [6, 6.07) is 4.85. The SMILES string of the molecule is CC(C)(C)C(=O)OC(=O)c1ccc([N+](=O)[O-])cc1. The lowest BCUT2D eigenvalue weighted by Crippen LogP contribution is -2.25. The van der Waals surface area contributed by atoms with Crippen LogP contribution in [-0.2, 0) is 9.53 Å². The number of nitrogens with zero attached hydrogens (tertiary/aromatic N) is 1. The van der Waals surface area contributed by atoms with Crippen LogP contribution >= 0.6 is 0 Å². The Morgan fingerprint density at radius 3 is 2.06 bits per heavy atom. The molecule has 1 rings (SSSR count). The monoisotopic (exact) mass is 251 g/mol. The summed E-state index contributed by atoms with van der Waals surface area (Å²) in [6.07, 6.45) is 0. The first kappa shape index (κ1) is 13.8. The molecule has 6 heteroatoms. The second-order valence-electron chi connectivity index (χ2n) is 4.73. The van der Waals surface area contributed by atoms with Crippen LogP contribution in [0.3, 0.4) is 0 Å². The molecule has 1 aromatic carbocycles. The Hall–Kier alpha value is -2.24. The Morgan fingerprint density at radius 2 is 1.67 bits per heavy atom. The maximum atomic E-state index is 11.6. The van der Waals surface area contributed by atoms with Crippen molar-refractivity contribution in [2.45, 2.75) is 20.8 Å². The summed E-state index contributed by atoms with van der Waals surface area (Å²) in [5.41, 5.74) is -0.817. The van der Waals surface area contributed by atoms with E-state index in [9.17, 15) is 19.7 Å². The number of carbonyl (C=O) groups is 2. The second kappa shape index (κ2) is 4.95. The van der Waals surface area contributed by atoms with Gasteiger partial charge in [0.25, 0.3) is 5.69 Å². The van der Waals surface area contributed by atoms with Crippen LogP contribution in [0.2, 0.25) is 0 Å². The van der Waals surface area contributed by atoms with Crippen molar-refractivity contribution in [3.63, 3.8) is 0 Å². The van der Waals surface area contributed by atoms with E-state index >= 15 is 0 Å². The highest BCUT2D eigenvalue weighted by Gasteiger charge is 2.26. The Bertz CT molecular complexity index is 484. The number of rotatable bonds is 2. The molecule has 0 fully saturated rings. The molecule has 0 aliphatic heterocycles. The quantitative estimate of drug-likeness (QED) is 0.348. The Balaban J connectivity index is 2.80. The van der Waals surface area contributed by atoms with E-state index in [0.29, 0.717) is 0 Å². The van der Waals surface area contributed by atoms with Crippen molar-refractivity contribution in [3.8, 4) is 0 Å². The van der Waals surface area contributed by atoms with Crippen molar-refractivity contribution >= 4 is 17.6 Å². The molecule has 0 atom stereocenters. The van der Waals surface area contributed by atoms with Crippen LogP contribution in [0, 0.1) is 15.5 Å². The Kier molecular flexibility index (Phi) is 3.80. The van der Waals surface area contributed by atoms with E-state index in [2.05, 4.69) is 4.74 Å². The van der Waals surface area contributed by atoms with Crippen LogP contribution in [-0.4, -0.2) is 16.9 Å². The van der Waals surface area contributed by atoms with Crippen molar-refractivity contribution < 1.29 is 19.2 Å². The van der Waals surface area contributed by atoms with Crippen molar-refractivity contribution in [2.24, 2.45) is 5.41 Å². The zero-order valence-electron chi connectivity index (χ0n) is 10.3. The van der Waals surface area contributed by atoms with Gasteiger partial charge in [-0.3, -0.25) is 14.9 Å². The molecule has 0 amide bonds. The largest absolute Gasteiger partial charge is 0.389 e. The number of ether oxygens (including phenoxy) is 1. The average Bonchev–Trinajstić information content (AvgIpc) is 2.27. The standard InChI is InChI=1S/C12H13NO5/c1-12(2,3)11(15)18-10(14)8-4-6-9(7-5-8)13(16)17/h4-7H,1-3H3. The summed E-state index contributed by atoms with van der Waals surface area (Å²) >= 11 is 0. The smallest absolute Gasteiger partial charge is 0.345 e. The number of non-ortho nitro benzene ring substituents is 1. The van der Waals surface area contributed by atoms with E-state index in [1.807, 2.05) is 0 Å². The molecule has 0 radical (unpaired) electrons. The number of hydrogen-bond acceptors (Lipinski definition) is 5. The van der Waals surface area contributed by atoms with Crippen LogP contribution in [0.4, 0.5) is 5.69 Å². The fourth-order valence-electron chi connectivity index (χ4n) is 1.02. The minimum Gasteiger partial charge on any atom is -0.389 e. The lowest BCUT2D eigenvalue weighted by Gasteiger charge is -2.15. The minimum atomic E-state index is -0.815. The Labute approximate surface area is 104 Å². The van der Waals surface area contributed by atoms with Gasteiger partial charge in [0, 0.05) is 12.1 Å². The summed E-state index contributed by atoms with van der Waals surface area (Å²) < 4.78 is 4.65. The highest BCUT2D eigenvalue weighted by atomic mass is 16.6. The summed E-state index contributed by atoms with van der Waals surface area (Å²) in [6.45, 7) is 4.87. The molecule has 18 heavy (non-hydrogen) atoms. The average molecular weight is 251 g/mol. The molecule has 0 bridgehead atoms. The van der Waals surface area contributed by atoms with E-state index in [1.54, 1.807) is 20.8 Å². The van der Waals surface area contributed by atoms with Crippen LogP contribution in [0.1, 0.15) is 31.1 Å². The number of hydrogen-bond donors (Lipinski definition) is 0.